The molecular weight excluding hydrogens is 363 g/mol. The fourth-order valence-electron chi connectivity index (χ4n) is 2.11. The topological polar surface area (TPSA) is 49.8 Å². The number of halogens is 1. The first kappa shape index (κ1) is 13.6. The molecule has 3 rings (SSSR count). The third kappa shape index (κ3) is 2.72. The maximum Gasteiger partial charge on any atom is 0.139 e. The van der Waals surface area contributed by atoms with Crippen LogP contribution in [0.1, 0.15) is 30.1 Å². The lowest BCUT2D eigenvalue weighted by Gasteiger charge is -2.14. The smallest absolute Gasteiger partial charge is 0.139 e. The monoisotopic (exact) mass is 380 g/mol. The van der Waals surface area contributed by atoms with Gasteiger partial charge in [-0.2, -0.15) is 0 Å². The summed E-state index contributed by atoms with van der Waals surface area (Å²) in [6.45, 7) is 2.04. The van der Waals surface area contributed by atoms with Crippen molar-refractivity contribution in [1.82, 2.24) is 9.97 Å². The fourth-order valence-corrected chi connectivity index (χ4v) is 2.64. The summed E-state index contributed by atoms with van der Waals surface area (Å²) in [6, 6.07) is 8.22. The number of hydrogen-bond acceptors (Lipinski definition) is 4. The van der Waals surface area contributed by atoms with Crippen LogP contribution >= 0.6 is 22.6 Å². The molecule has 0 saturated heterocycles. The van der Waals surface area contributed by atoms with Crippen molar-refractivity contribution >= 4 is 39.9 Å². The number of nitrogens with zero attached hydrogens (tertiary/aromatic N) is 2. The van der Waals surface area contributed by atoms with Crippen molar-refractivity contribution < 1.29 is 0 Å². The second-order valence-electron chi connectivity index (χ2n) is 5.03. The number of benzene rings is 1. The zero-order chi connectivity index (χ0) is 14.1. The highest BCUT2D eigenvalue weighted by Crippen LogP contribution is 2.40. The predicted octanol–water partition coefficient (Wildman–Crippen LogP) is 4.05. The molecule has 1 fully saturated rings. The number of rotatable bonds is 4. The standard InChI is InChI=1S/C15H17IN4/c1-9-13(17-2)19-15(10-7-8-10)20-14(9)18-12-6-4-3-5-11(12)16/h3-6,10H,7-8H2,1-2H3,(H2,17,18,19,20). The van der Waals surface area contributed by atoms with Crippen LogP contribution in [0.4, 0.5) is 17.3 Å². The predicted molar refractivity (Wildman–Crippen MR) is 90.7 cm³/mol. The number of anilines is 3. The van der Waals surface area contributed by atoms with E-state index in [1.807, 2.05) is 26.1 Å². The summed E-state index contributed by atoms with van der Waals surface area (Å²) in [6.07, 6.45) is 2.41. The first-order valence-electron chi connectivity index (χ1n) is 6.77. The molecular formula is C15H17IN4. The van der Waals surface area contributed by atoms with Gasteiger partial charge in [0, 0.05) is 22.1 Å². The largest absolute Gasteiger partial charge is 0.373 e. The number of para-hydroxylation sites is 1. The molecule has 5 heteroatoms. The summed E-state index contributed by atoms with van der Waals surface area (Å²) >= 11 is 2.33. The molecule has 0 unspecified atom stereocenters. The van der Waals surface area contributed by atoms with E-state index in [2.05, 4.69) is 50.3 Å². The molecule has 1 aromatic heterocycles. The third-order valence-corrected chi connectivity index (χ3v) is 4.41. The van der Waals surface area contributed by atoms with E-state index in [0.29, 0.717) is 5.92 Å². The van der Waals surface area contributed by atoms with Gasteiger partial charge in [-0.25, -0.2) is 9.97 Å². The summed E-state index contributed by atoms with van der Waals surface area (Å²) in [5.74, 6) is 3.30. The lowest BCUT2D eigenvalue weighted by Crippen LogP contribution is -2.07. The van der Waals surface area contributed by atoms with Crippen LogP contribution in [0.3, 0.4) is 0 Å². The maximum absolute atomic E-state index is 4.71. The molecule has 104 valence electrons. The van der Waals surface area contributed by atoms with Crippen LogP contribution in [-0.4, -0.2) is 17.0 Å². The van der Waals surface area contributed by atoms with Gasteiger partial charge in [0.2, 0.25) is 0 Å². The Labute approximate surface area is 132 Å². The minimum Gasteiger partial charge on any atom is -0.373 e. The van der Waals surface area contributed by atoms with Crippen LogP contribution < -0.4 is 10.6 Å². The van der Waals surface area contributed by atoms with E-state index in [0.717, 1.165) is 28.7 Å². The molecule has 0 radical (unpaired) electrons. The molecule has 4 nitrogen and oxygen atoms in total. The quantitative estimate of drug-likeness (QED) is 0.786. The Hall–Kier alpha value is -1.37. The van der Waals surface area contributed by atoms with Gasteiger partial charge in [0.05, 0.1) is 5.69 Å². The normalized spacial score (nSPS) is 14.2. The molecule has 20 heavy (non-hydrogen) atoms. The summed E-state index contributed by atoms with van der Waals surface area (Å²) in [5.41, 5.74) is 2.13. The van der Waals surface area contributed by atoms with E-state index >= 15 is 0 Å². The Kier molecular flexibility index (Phi) is 3.78. The van der Waals surface area contributed by atoms with Gasteiger partial charge in [0.1, 0.15) is 17.5 Å². The molecule has 1 saturated carbocycles. The first-order valence-corrected chi connectivity index (χ1v) is 7.84. The summed E-state index contributed by atoms with van der Waals surface area (Å²) in [5, 5.41) is 6.61. The molecule has 1 heterocycles. The van der Waals surface area contributed by atoms with Gasteiger partial charge in [-0.05, 0) is 54.5 Å². The van der Waals surface area contributed by atoms with Crippen LogP contribution in [0.15, 0.2) is 24.3 Å². The van der Waals surface area contributed by atoms with Crippen molar-refractivity contribution in [2.45, 2.75) is 25.7 Å². The Morgan fingerprint density at radius 1 is 1.15 bits per heavy atom. The van der Waals surface area contributed by atoms with Crippen molar-refractivity contribution in [3.8, 4) is 0 Å². The zero-order valence-electron chi connectivity index (χ0n) is 11.6. The summed E-state index contributed by atoms with van der Waals surface area (Å²) in [7, 11) is 1.90. The minimum atomic E-state index is 0.540. The van der Waals surface area contributed by atoms with Crippen molar-refractivity contribution in [3.63, 3.8) is 0 Å². The van der Waals surface area contributed by atoms with Crippen molar-refractivity contribution in [2.75, 3.05) is 17.7 Å². The highest BCUT2D eigenvalue weighted by Gasteiger charge is 2.28. The molecule has 1 aliphatic rings. The maximum atomic E-state index is 4.71. The van der Waals surface area contributed by atoms with Crippen LogP contribution in [0.2, 0.25) is 0 Å². The van der Waals surface area contributed by atoms with Gasteiger partial charge < -0.3 is 10.6 Å². The molecule has 0 aliphatic heterocycles. The molecule has 2 N–H and O–H groups in total. The van der Waals surface area contributed by atoms with Gasteiger partial charge in [-0.15, -0.1) is 0 Å². The van der Waals surface area contributed by atoms with Gasteiger partial charge in [-0.1, -0.05) is 12.1 Å². The lowest BCUT2D eigenvalue weighted by molar-refractivity contribution is 0.923. The van der Waals surface area contributed by atoms with E-state index in [-0.39, 0.29) is 0 Å². The summed E-state index contributed by atoms with van der Waals surface area (Å²) < 4.78 is 1.18. The summed E-state index contributed by atoms with van der Waals surface area (Å²) in [4.78, 5) is 9.33. The average Bonchev–Trinajstić information content (AvgIpc) is 3.28. The van der Waals surface area contributed by atoms with Crippen LogP contribution in [0.5, 0.6) is 0 Å². The second-order valence-corrected chi connectivity index (χ2v) is 6.20. The second kappa shape index (κ2) is 5.55. The fraction of sp³-hybridized carbons (Fsp3) is 0.333. The van der Waals surface area contributed by atoms with E-state index in [1.54, 1.807) is 0 Å². The molecule has 1 aromatic carbocycles. The number of aromatic nitrogens is 2. The Morgan fingerprint density at radius 2 is 1.85 bits per heavy atom. The van der Waals surface area contributed by atoms with Gasteiger partial charge in [-0.3, -0.25) is 0 Å². The highest BCUT2D eigenvalue weighted by atomic mass is 127. The number of hydrogen-bond donors (Lipinski definition) is 2. The molecule has 0 bridgehead atoms. The van der Waals surface area contributed by atoms with Gasteiger partial charge in [0.15, 0.2) is 0 Å². The molecule has 0 atom stereocenters. The molecule has 1 aliphatic carbocycles. The first-order chi connectivity index (χ1) is 9.69. The number of nitrogens with one attached hydrogen (secondary N) is 2. The molecule has 2 aromatic rings. The SMILES string of the molecule is CNc1nc(C2CC2)nc(Nc2ccccc2I)c1C. The highest BCUT2D eigenvalue weighted by molar-refractivity contribution is 14.1. The van der Waals surface area contributed by atoms with Gasteiger partial charge >= 0.3 is 0 Å². The van der Waals surface area contributed by atoms with E-state index in [4.69, 9.17) is 4.98 Å². The van der Waals surface area contributed by atoms with Crippen molar-refractivity contribution in [2.24, 2.45) is 0 Å². The third-order valence-electron chi connectivity index (χ3n) is 3.47. The van der Waals surface area contributed by atoms with E-state index in [1.165, 1.54) is 16.4 Å². The molecule has 0 amide bonds. The van der Waals surface area contributed by atoms with E-state index < -0.39 is 0 Å². The zero-order valence-corrected chi connectivity index (χ0v) is 13.7. The van der Waals surface area contributed by atoms with Crippen LogP contribution in [0.25, 0.3) is 0 Å². The Bertz CT molecular complexity index is 638. The molecule has 0 spiro atoms. The van der Waals surface area contributed by atoms with E-state index in [9.17, 15) is 0 Å². The Balaban J connectivity index is 1.99. The van der Waals surface area contributed by atoms with Crippen LogP contribution in [0, 0.1) is 10.5 Å². The van der Waals surface area contributed by atoms with Crippen LogP contribution in [-0.2, 0) is 0 Å². The van der Waals surface area contributed by atoms with Crippen molar-refractivity contribution in [1.29, 1.82) is 0 Å². The average molecular weight is 380 g/mol. The van der Waals surface area contributed by atoms with Crippen molar-refractivity contribution in [3.05, 3.63) is 39.2 Å². The van der Waals surface area contributed by atoms with Gasteiger partial charge in [0.25, 0.3) is 0 Å². The Morgan fingerprint density at radius 3 is 2.50 bits per heavy atom. The lowest BCUT2D eigenvalue weighted by atomic mass is 10.2. The minimum absolute atomic E-state index is 0.540.